The molecule has 2 unspecified atom stereocenters. The van der Waals surface area contributed by atoms with E-state index in [0.717, 1.165) is 0 Å². The third-order valence-corrected chi connectivity index (χ3v) is 5.48. The van der Waals surface area contributed by atoms with Crippen molar-refractivity contribution in [3.05, 3.63) is 64.2 Å². The maximum atomic E-state index is 12.6. The second-order valence-electron chi connectivity index (χ2n) is 5.14. The van der Waals surface area contributed by atoms with Gasteiger partial charge in [-0.25, -0.2) is 0 Å². The van der Waals surface area contributed by atoms with Crippen molar-refractivity contribution in [2.45, 2.75) is 24.8 Å². The first-order chi connectivity index (χ1) is 10.0. The van der Waals surface area contributed by atoms with Gasteiger partial charge < -0.3 is 5.32 Å². The van der Waals surface area contributed by atoms with E-state index in [-0.39, 0.29) is 6.04 Å². The Hall–Kier alpha value is -1.16. The van der Waals surface area contributed by atoms with Gasteiger partial charge in [0.25, 0.3) is 0 Å². The normalized spacial score (nSPS) is 13.9. The van der Waals surface area contributed by atoms with Gasteiger partial charge in [-0.05, 0) is 44.2 Å². The van der Waals surface area contributed by atoms with Crippen molar-refractivity contribution in [2.75, 3.05) is 12.8 Å². The van der Waals surface area contributed by atoms with Crippen molar-refractivity contribution in [3.63, 3.8) is 0 Å². The SMILES string of the molecule is CNC(CS(=O)c1ccccc1Cl)c1cc(C)ccc1C. The van der Waals surface area contributed by atoms with Gasteiger partial charge in [0, 0.05) is 11.8 Å². The Labute approximate surface area is 134 Å². The van der Waals surface area contributed by atoms with Crippen molar-refractivity contribution < 1.29 is 4.21 Å². The lowest BCUT2D eigenvalue weighted by Gasteiger charge is -2.19. The van der Waals surface area contributed by atoms with Gasteiger partial charge in [0.15, 0.2) is 0 Å². The first-order valence-electron chi connectivity index (χ1n) is 6.90. The minimum Gasteiger partial charge on any atom is -0.312 e. The van der Waals surface area contributed by atoms with Crippen molar-refractivity contribution in [1.82, 2.24) is 5.32 Å². The minimum absolute atomic E-state index is 0.0435. The van der Waals surface area contributed by atoms with Gasteiger partial charge in [0.2, 0.25) is 0 Å². The van der Waals surface area contributed by atoms with E-state index in [1.807, 2.05) is 25.2 Å². The molecule has 4 heteroatoms. The van der Waals surface area contributed by atoms with E-state index in [0.29, 0.717) is 15.7 Å². The first-order valence-corrected chi connectivity index (χ1v) is 8.60. The highest BCUT2D eigenvalue weighted by Crippen LogP contribution is 2.24. The molecule has 0 saturated heterocycles. The number of hydrogen-bond acceptors (Lipinski definition) is 2. The standard InChI is InChI=1S/C17H20ClNOS/c1-12-8-9-13(2)14(10-12)16(19-3)11-21(20)17-7-5-4-6-15(17)18/h4-10,16,19H,11H2,1-3H3. The molecule has 0 heterocycles. The molecule has 1 N–H and O–H groups in total. The summed E-state index contributed by atoms with van der Waals surface area (Å²) in [5.74, 6) is 0.504. The number of hydrogen-bond donors (Lipinski definition) is 1. The highest BCUT2D eigenvalue weighted by Gasteiger charge is 2.17. The van der Waals surface area contributed by atoms with E-state index in [9.17, 15) is 4.21 Å². The van der Waals surface area contributed by atoms with Crippen LogP contribution in [-0.4, -0.2) is 17.0 Å². The summed E-state index contributed by atoms with van der Waals surface area (Å²) in [6, 6.07) is 13.7. The van der Waals surface area contributed by atoms with Crippen LogP contribution in [0.25, 0.3) is 0 Å². The van der Waals surface area contributed by atoms with Gasteiger partial charge in [0.1, 0.15) is 0 Å². The molecule has 0 radical (unpaired) electrons. The zero-order valence-corrected chi connectivity index (χ0v) is 14.1. The van der Waals surface area contributed by atoms with E-state index in [1.165, 1.54) is 16.7 Å². The van der Waals surface area contributed by atoms with E-state index < -0.39 is 10.8 Å². The fourth-order valence-corrected chi connectivity index (χ4v) is 4.07. The Morgan fingerprint density at radius 2 is 1.90 bits per heavy atom. The van der Waals surface area contributed by atoms with E-state index in [4.69, 9.17) is 11.6 Å². The van der Waals surface area contributed by atoms with Crippen molar-refractivity contribution in [1.29, 1.82) is 0 Å². The average molecular weight is 322 g/mol. The Morgan fingerprint density at radius 1 is 1.19 bits per heavy atom. The van der Waals surface area contributed by atoms with Crippen LogP contribution in [0.4, 0.5) is 0 Å². The quantitative estimate of drug-likeness (QED) is 0.901. The number of aryl methyl sites for hydroxylation is 2. The van der Waals surface area contributed by atoms with Crippen LogP contribution in [0.15, 0.2) is 47.4 Å². The van der Waals surface area contributed by atoms with Crippen LogP contribution < -0.4 is 5.32 Å². The molecule has 0 fully saturated rings. The highest BCUT2D eigenvalue weighted by molar-refractivity contribution is 7.85. The molecule has 0 aliphatic carbocycles. The molecule has 2 aromatic rings. The van der Waals surface area contributed by atoms with E-state index in [1.54, 1.807) is 6.07 Å². The van der Waals surface area contributed by atoms with Crippen molar-refractivity contribution >= 4 is 22.4 Å². The number of rotatable bonds is 5. The molecule has 0 spiro atoms. The molecule has 0 aromatic heterocycles. The topological polar surface area (TPSA) is 29.1 Å². The third-order valence-electron chi connectivity index (χ3n) is 3.56. The van der Waals surface area contributed by atoms with Crippen LogP contribution in [0.3, 0.4) is 0 Å². The molecule has 0 aliphatic heterocycles. The van der Waals surface area contributed by atoms with Crippen LogP contribution in [0.2, 0.25) is 5.02 Å². The predicted molar refractivity (Wildman–Crippen MR) is 90.4 cm³/mol. The summed E-state index contributed by atoms with van der Waals surface area (Å²) in [5, 5.41) is 3.83. The zero-order valence-electron chi connectivity index (χ0n) is 12.5. The molecule has 0 amide bonds. The molecule has 0 bridgehead atoms. The molecular weight excluding hydrogens is 302 g/mol. The second kappa shape index (κ2) is 7.21. The Kier molecular flexibility index (Phi) is 5.57. The second-order valence-corrected chi connectivity index (χ2v) is 7.02. The molecule has 0 saturated carbocycles. The Balaban J connectivity index is 2.25. The molecule has 2 aromatic carbocycles. The summed E-state index contributed by atoms with van der Waals surface area (Å²) < 4.78 is 12.6. The van der Waals surface area contributed by atoms with Crippen LogP contribution in [0.1, 0.15) is 22.7 Å². The summed E-state index contributed by atoms with van der Waals surface area (Å²) in [6.45, 7) is 4.15. The maximum absolute atomic E-state index is 12.6. The Morgan fingerprint density at radius 3 is 2.57 bits per heavy atom. The Bertz CT molecular complexity index is 657. The van der Waals surface area contributed by atoms with Gasteiger partial charge in [-0.2, -0.15) is 0 Å². The predicted octanol–water partition coefficient (Wildman–Crippen LogP) is 4.03. The maximum Gasteiger partial charge on any atom is 0.0574 e. The highest BCUT2D eigenvalue weighted by atomic mass is 35.5. The first kappa shape index (κ1) is 16.2. The lowest BCUT2D eigenvalue weighted by molar-refractivity contribution is 0.633. The van der Waals surface area contributed by atoms with Gasteiger partial charge >= 0.3 is 0 Å². The van der Waals surface area contributed by atoms with Crippen LogP contribution in [0.5, 0.6) is 0 Å². The molecule has 2 nitrogen and oxygen atoms in total. The van der Waals surface area contributed by atoms with E-state index in [2.05, 4.69) is 37.4 Å². The zero-order chi connectivity index (χ0) is 15.4. The average Bonchev–Trinajstić information content (AvgIpc) is 2.47. The summed E-state index contributed by atoms with van der Waals surface area (Å²) in [5.41, 5.74) is 3.60. The van der Waals surface area contributed by atoms with Crippen LogP contribution >= 0.6 is 11.6 Å². The van der Waals surface area contributed by atoms with Gasteiger partial charge in [0.05, 0.1) is 20.7 Å². The molecule has 112 valence electrons. The molecular formula is C17H20ClNOS. The monoisotopic (exact) mass is 321 g/mol. The summed E-state index contributed by atoms with van der Waals surface area (Å²) in [4.78, 5) is 0.699. The smallest absolute Gasteiger partial charge is 0.0574 e. The summed E-state index contributed by atoms with van der Waals surface area (Å²) in [7, 11) is 0.764. The number of halogens is 1. The lowest BCUT2D eigenvalue weighted by atomic mass is 10.0. The van der Waals surface area contributed by atoms with Crippen molar-refractivity contribution in [2.24, 2.45) is 0 Å². The van der Waals surface area contributed by atoms with E-state index >= 15 is 0 Å². The van der Waals surface area contributed by atoms with Gasteiger partial charge in [-0.1, -0.05) is 47.5 Å². The lowest BCUT2D eigenvalue weighted by Crippen LogP contribution is -2.23. The van der Waals surface area contributed by atoms with Crippen molar-refractivity contribution in [3.8, 4) is 0 Å². The fourth-order valence-electron chi connectivity index (χ4n) is 2.33. The van der Waals surface area contributed by atoms with Crippen LogP contribution in [0, 0.1) is 13.8 Å². The molecule has 2 rings (SSSR count). The number of benzene rings is 2. The van der Waals surface area contributed by atoms with Gasteiger partial charge in [-0.3, -0.25) is 4.21 Å². The summed E-state index contributed by atoms with van der Waals surface area (Å²) in [6.07, 6.45) is 0. The number of nitrogens with one attached hydrogen (secondary N) is 1. The fraction of sp³-hybridized carbons (Fsp3) is 0.294. The molecule has 2 atom stereocenters. The van der Waals surface area contributed by atoms with Crippen LogP contribution in [-0.2, 0) is 10.8 Å². The molecule has 0 aliphatic rings. The minimum atomic E-state index is -1.13. The third kappa shape index (κ3) is 3.94. The summed E-state index contributed by atoms with van der Waals surface area (Å²) >= 11 is 6.13. The van der Waals surface area contributed by atoms with Gasteiger partial charge in [-0.15, -0.1) is 0 Å². The molecule has 21 heavy (non-hydrogen) atoms. The largest absolute Gasteiger partial charge is 0.312 e.